The molecule has 118 valence electrons. The molecule has 24 heavy (non-hydrogen) atoms. The number of nitrogens with two attached hydrogens (primary N) is 1. The Morgan fingerprint density at radius 1 is 1.08 bits per heavy atom. The number of primary amides is 1. The highest BCUT2D eigenvalue weighted by Gasteiger charge is 2.16. The Labute approximate surface area is 139 Å². The van der Waals surface area contributed by atoms with Crippen LogP contribution in [-0.2, 0) is 6.54 Å². The average Bonchev–Trinajstić information content (AvgIpc) is 2.89. The molecule has 0 bridgehead atoms. The molecule has 2 aromatic carbocycles. The molecular formula is C20H17N3O. The highest BCUT2D eigenvalue weighted by molar-refractivity contribution is 6.17. The molecule has 0 aliphatic carbocycles. The monoisotopic (exact) mass is 315 g/mol. The molecule has 0 spiro atoms. The molecule has 2 N–H and O–H groups in total. The van der Waals surface area contributed by atoms with Crippen LogP contribution in [0.2, 0.25) is 0 Å². The fourth-order valence-corrected chi connectivity index (χ4v) is 3.30. The van der Waals surface area contributed by atoms with E-state index in [0.717, 1.165) is 27.4 Å². The number of carbonyl (C=O) groups is 1. The molecule has 0 atom stereocenters. The van der Waals surface area contributed by atoms with E-state index in [1.807, 2.05) is 24.3 Å². The summed E-state index contributed by atoms with van der Waals surface area (Å²) in [6, 6.07) is 16.0. The van der Waals surface area contributed by atoms with Crippen molar-refractivity contribution in [3.05, 3.63) is 77.6 Å². The van der Waals surface area contributed by atoms with Gasteiger partial charge in [-0.25, -0.2) is 0 Å². The van der Waals surface area contributed by atoms with Crippen LogP contribution in [0.3, 0.4) is 0 Å². The number of aryl methyl sites for hydroxylation is 1. The van der Waals surface area contributed by atoms with Gasteiger partial charge in [0.2, 0.25) is 5.91 Å². The number of hydrogen-bond donors (Lipinski definition) is 1. The van der Waals surface area contributed by atoms with Crippen molar-refractivity contribution in [2.24, 2.45) is 5.73 Å². The SMILES string of the molecule is Cc1ccc2c3c(C(N)=O)cccc3n(Cc3ccncc3)c2c1. The number of benzene rings is 2. The van der Waals surface area contributed by atoms with Crippen molar-refractivity contribution in [2.75, 3.05) is 0 Å². The number of carbonyl (C=O) groups excluding carboxylic acids is 1. The van der Waals surface area contributed by atoms with Crippen molar-refractivity contribution in [3.63, 3.8) is 0 Å². The van der Waals surface area contributed by atoms with Crippen LogP contribution in [0.4, 0.5) is 0 Å². The van der Waals surface area contributed by atoms with Gasteiger partial charge in [-0.3, -0.25) is 9.78 Å². The zero-order valence-corrected chi connectivity index (χ0v) is 13.4. The van der Waals surface area contributed by atoms with Gasteiger partial charge in [0, 0.05) is 40.8 Å². The van der Waals surface area contributed by atoms with E-state index in [-0.39, 0.29) is 0 Å². The van der Waals surface area contributed by atoms with Crippen LogP contribution in [0.5, 0.6) is 0 Å². The minimum Gasteiger partial charge on any atom is -0.366 e. The van der Waals surface area contributed by atoms with E-state index in [1.165, 1.54) is 5.56 Å². The second kappa shape index (κ2) is 5.49. The number of amides is 1. The molecule has 1 amide bonds. The van der Waals surface area contributed by atoms with Crippen LogP contribution < -0.4 is 5.73 Å². The van der Waals surface area contributed by atoms with Gasteiger partial charge in [0.05, 0.1) is 5.52 Å². The van der Waals surface area contributed by atoms with Gasteiger partial charge in [0.1, 0.15) is 0 Å². The maximum Gasteiger partial charge on any atom is 0.249 e. The first-order chi connectivity index (χ1) is 11.6. The van der Waals surface area contributed by atoms with Gasteiger partial charge in [-0.15, -0.1) is 0 Å². The number of pyridine rings is 1. The lowest BCUT2D eigenvalue weighted by Gasteiger charge is -2.08. The van der Waals surface area contributed by atoms with Crippen molar-refractivity contribution in [1.29, 1.82) is 0 Å². The van der Waals surface area contributed by atoms with E-state index in [1.54, 1.807) is 18.5 Å². The molecule has 4 aromatic rings. The van der Waals surface area contributed by atoms with E-state index in [2.05, 4.69) is 34.7 Å². The smallest absolute Gasteiger partial charge is 0.249 e. The topological polar surface area (TPSA) is 60.9 Å². The zero-order valence-electron chi connectivity index (χ0n) is 13.4. The minimum absolute atomic E-state index is 0.399. The van der Waals surface area contributed by atoms with Crippen molar-refractivity contribution in [2.45, 2.75) is 13.5 Å². The number of rotatable bonds is 3. The summed E-state index contributed by atoms with van der Waals surface area (Å²) in [6.45, 7) is 2.79. The third-order valence-corrected chi connectivity index (χ3v) is 4.40. The third kappa shape index (κ3) is 2.24. The summed E-state index contributed by atoms with van der Waals surface area (Å²) in [6.07, 6.45) is 3.59. The number of fused-ring (bicyclic) bond motifs is 3. The van der Waals surface area contributed by atoms with Crippen molar-refractivity contribution in [3.8, 4) is 0 Å². The quantitative estimate of drug-likeness (QED) is 0.627. The molecule has 0 radical (unpaired) electrons. The number of nitrogens with zero attached hydrogens (tertiary/aromatic N) is 2. The second-order valence-electron chi connectivity index (χ2n) is 6.03. The lowest BCUT2D eigenvalue weighted by atomic mass is 10.1. The molecule has 4 nitrogen and oxygen atoms in total. The molecular weight excluding hydrogens is 298 g/mol. The van der Waals surface area contributed by atoms with Crippen LogP contribution in [0.25, 0.3) is 21.8 Å². The first kappa shape index (κ1) is 14.5. The van der Waals surface area contributed by atoms with Crippen LogP contribution in [0.1, 0.15) is 21.5 Å². The first-order valence-electron chi connectivity index (χ1n) is 7.85. The summed E-state index contributed by atoms with van der Waals surface area (Å²) in [5, 5.41) is 1.98. The Balaban J connectivity index is 2.08. The van der Waals surface area contributed by atoms with Crippen LogP contribution in [0, 0.1) is 6.92 Å². The Morgan fingerprint density at radius 2 is 1.88 bits per heavy atom. The molecule has 4 heteroatoms. The fraction of sp³-hybridized carbons (Fsp3) is 0.100. The highest BCUT2D eigenvalue weighted by atomic mass is 16.1. The van der Waals surface area contributed by atoms with Gasteiger partial charge in [-0.05, 0) is 48.4 Å². The van der Waals surface area contributed by atoms with Gasteiger partial charge in [-0.1, -0.05) is 18.2 Å². The summed E-state index contributed by atoms with van der Waals surface area (Å²) in [5.41, 5.74) is 10.6. The number of aromatic nitrogens is 2. The molecule has 0 aliphatic heterocycles. The summed E-state index contributed by atoms with van der Waals surface area (Å²) in [7, 11) is 0. The third-order valence-electron chi connectivity index (χ3n) is 4.40. The molecule has 2 heterocycles. The van der Waals surface area contributed by atoms with Gasteiger partial charge < -0.3 is 10.3 Å². The first-order valence-corrected chi connectivity index (χ1v) is 7.85. The predicted octanol–water partition coefficient (Wildman–Crippen LogP) is 3.65. The number of hydrogen-bond acceptors (Lipinski definition) is 2. The molecule has 2 aromatic heterocycles. The highest BCUT2D eigenvalue weighted by Crippen LogP contribution is 2.32. The molecule has 0 fully saturated rings. The van der Waals surface area contributed by atoms with Gasteiger partial charge >= 0.3 is 0 Å². The van der Waals surface area contributed by atoms with E-state index in [9.17, 15) is 4.79 Å². The molecule has 0 saturated heterocycles. The summed E-state index contributed by atoms with van der Waals surface area (Å²) >= 11 is 0. The predicted molar refractivity (Wildman–Crippen MR) is 96.0 cm³/mol. The maximum absolute atomic E-state index is 11.9. The van der Waals surface area contributed by atoms with Gasteiger partial charge in [0.15, 0.2) is 0 Å². The largest absolute Gasteiger partial charge is 0.366 e. The molecule has 0 saturated carbocycles. The fourth-order valence-electron chi connectivity index (χ4n) is 3.30. The summed E-state index contributed by atoms with van der Waals surface area (Å²) < 4.78 is 2.24. The standard InChI is InChI=1S/C20H17N3O/c1-13-5-6-15-18(11-13)23(12-14-7-9-22-10-8-14)17-4-2-3-16(19(15)17)20(21)24/h2-11H,12H2,1H3,(H2,21,24). The molecule has 0 aliphatic rings. The van der Waals surface area contributed by atoms with Gasteiger partial charge in [0.25, 0.3) is 0 Å². The van der Waals surface area contributed by atoms with Crippen LogP contribution in [0.15, 0.2) is 60.9 Å². The van der Waals surface area contributed by atoms with Crippen LogP contribution in [-0.4, -0.2) is 15.5 Å². The Morgan fingerprint density at radius 3 is 2.62 bits per heavy atom. The van der Waals surface area contributed by atoms with Crippen LogP contribution >= 0.6 is 0 Å². The lowest BCUT2D eigenvalue weighted by molar-refractivity contribution is 0.100. The van der Waals surface area contributed by atoms with E-state index in [4.69, 9.17) is 5.73 Å². The van der Waals surface area contributed by atoms with Crippen molar-refractivity contribution >= 4 is 27.7 Å². The van der Waals surface area contributed by atoms with Crippen molar-refractivity contribution < 1.29 is 4.79 Å². The average molecular weight is 315 g/mol. The zero-order chi connectivity index (χ0) is 16.7. The summed E-state index contributed by atoms with van der Waals surface area (Å²) in [4.78, 5) is 16.0. The van der Waals surface area contributed by atoms with Gasteiger partial charge in [-0.2, -0.15) is 0 Å². The Hall–Kier alpha value is -3.14. The van der Waals surface area contributed by atoms with Crippen molar-refractivity contribution in [1.82, 2.24) is 9.55 Å². The second-order valence-corrected chi connectivity index (χ2v) is 6.03. The maximum atomic E-state index is 11.9. The Kier molecular flexibility index (Phi) is 3.31. The minimum atomic E-state index is -0.399. The summed E-state index contributed by atoms with van der Waals surface area (Å²) in [5.74, 6) is -0.399. The normalized spacial score (nSPS) is 11.2. The molecule has 4 rings (SSSR count). The molecule has 0 unspecified atom stereocenters. The van der Waals surface area contributed by atoms with E-state index < -0.39 is 5.91 Å². The Bertz CT molecular complexity index is 1060. The van der Waals surface area contributed by atoms with E-state index in [0.29, 0.717) is 12.1 Å². The lowest BCUT2D eigenvalue weighted by Crippen LogP contribution is -2.11. The van der Waals surface area contributed by atoms with E-state index >= 15 is 0 Å².